The summed E-state index contributed by atoms with van der Waals surface area (Å²) in [5, 5.41) is 8.75. The van der Waals surface area contributed by atoms with Crippen molar-refractivity contribution in [2.24, 2.45) is 0 Å². The predicted molar refractivity (Wildman–Crippen MR) is 55.0 cm³/mol. The van der Waals surface area contributed by atoms with Gasteiger partial charge in [-0.1, -0.05) is 6.07 Å². The van der Waals surface area contributed by atoms with Crippen LogP contribution in [-0.2, 0) is 22.6 Å². The molecule has 1 aromatic rings. The molecule has 0 aliphatic heterocycles. The van der Waals surface area contributed by atoms with Crippen molar-refractivity contribution in [3.63, 3.8) is 0 Å². The Kier molecular flexibility index (Phi) is 4.25. The molecule has 0 aliphatic rings. The quantitative estimate of drug-likeness (QED) is 0.831. The highest BCUT2D eigenvalue weighted by Gasteiger charge is 2.16. The molecular weight excluding hydrogens is 215 g/mol. The second-order valence-electron chi connectivity index (χ2n) is 3.22. The molecule has 0 aromatic heterocycles. The van der Waals surface area contributed by atoms with E-state index in [1.165, 1.54) is 26.4 Å². The Morgan fingerprint density at radius 2 is 2.12 bits per heavy atom. The molecule has 0 heterocycles. The molecule has 0 aliphatic carbocycles. The summed E-state index contributed by atoms with van der Waals surface area (Å²) in [4.78, 5) is 10.7. The van der Waals surface area contributed by atoms with Gasteiger partial charge in [0.05, 0.1) is 20.1 Å². The minimum absolute atomic E-state index is 0.0306. The Labute approximate surface area is 92.6 Å². The number of methoxy groups -OCH3 is 2. The summed E-state index contributed by atoms with van der Waals surface area (Å²) in [6, 6.07) is 2.73. The van der Waals surface area contributed by atoms with Crippen LogP contribution in [0.1, 0.15) is 11.1 Å². The van der Waals surface area contributed by atoms with Gasteiger partial charge in [-0.15, -0.1) is 0 Å². The highest BCUT2D eigenvalue weighted by Crippen LogP contribution is 2.27. The van der Waals surface area contributed by atoms with Crippen molar-refractivity contribution in [3.8, 4) is 5.75 Å². The van der Waals surface area contributed by atoms with E-state index in [0.29, 0.717) is 11.1 Å². The summed E-state index contributed by atoms with van der Waals surface area (Å²) >= 11 is 0. The minimum atomic E-state index is -1.04. The zero-order valence-corrected chi connectivity index (χ0v) is 9.12. The topological polar surface area (TPSA) is 55.8 Å². The van der Waals surface area contributed by atoms with Gasteiger partial charge in [0, 0.05) is 12.7 Å². The van der Waals surface area contributed by atoms with E-state index >= 15 is 0 Å². The molecule has 1 N–H and O–H groups in total. The van der Waals surface area contributed by atoms with Crippen LogP contribution in [0.2, 0.25) is 0 Å². The molecule has 88 valence electrons. The van der Waals surface area contributed by atoms with Crippen LogP contribution in [-0.4, -0.2) is 25.3 Å². The first-order valence-electron chi connectivity index (χ1n) is 4.65. The first kappa shape index (κ1) is 12.4. The number of carboxylic acid groups (broad SMARTS) is 1. The maximum Gasteiger partial charge on any atom is 0.307 e. The molecule has 1 aromatic carbocycles. The van der Waals surface area contributed by atoms with Crippen LogP contribution in [0.25, 0.3) is 0 Å². The number of hydrogen-bond acceptors (Lipinski definition) is 3. The van der Waals surface area contributed by atoms with Gasteiger partial charge in [0.1, 0.15) is 0 Å². The van der Waals surface area contributed by atoms with Gasteiger partial charge < -0.3 is 14.6 Å². The summed E-state index contributed by atoms with van der Waals surface area (Å²) in [6.45, 7) is 0.221. The molecule has 5 heteroatoms. The van der Waals surface area contributed by atoms with Crippen molar-refractivity contribution in [3.05, 3.63) is 29.1 Å². The van der Waals surface area contributed by atoms with Gasteiger partial charge >= 0.3 is 5.97 Å². The van der Waals surface area contributed by atoms with Crippen LogP contribution in [0.15, 0.2) is 12.1 Å². The third kappa shape index (κ3) is 2.70. The van der Waals surface area contributed by atoms with E-state index < -0.39 is 11.8 Å². The Morgan fingerprint density at radius 1 is 1.44 bits per heavy atom. The predicted octanol–water partition coefficient (Wildman–Crippen LogP) is 1.61. The van der Waals surface area contributed by atoms with Gasteiger partial charge in [-0.2, -0.15) is 0 Å². The average Bonchev–Trinajstić information content (AvgIpc) is 2.22. The maximum absolute atomic E-state index is 13.4. The first-order chi connectivity index (χ1) is 7.60. The van der Waals surface area contributed by atoms with E-state index in [-0.39, 0.29) is 18.8 Å². The Morgan fingerprint density at radius 3 is 2.62 bits per heavy atom. The lowest BCUT2D eigenvalue weighted by Gasteiger charge is -2.12. The fourth-order valence-corrected chi connectivity index (χ4v) is 1.50. The summed E-state index contributed by atoms with van der Waals surface area (Å²) < 4.78 is 23.2. The standard InChI is InChI=1S/C11H13FO4/c1-15-6-7-3-4-9(12)11(16-2)8(7)5-10(13)14/h3-4H,5-6H2,1-2H3,(H,13,14). The molecule has 0 spiro atoms. The van der Waals surface area contributed by atoms with Crippen molar-refractivity contribution in [1.29, 1.82) is 0 Å². The molecule has 4 nitrogen and oxygen atoms in total. The zero-order chi connectivity index (χ0) is 12.1. The molecule has 0 saturated heterocycles. The maximum atomic E-state index is 13.4. The van der Waals surface area contributed by atoms with Crippen molar-refractivity contribution < 1.29 is 23.8 Å². The number of carbonyl (C=O) groups is 1. The van der Waals surface area contributed by atoms with Gasteiger partial charge in [-0.3, -0.25) is 4.79 Å². The van der Waals surface area contributed by atoms with Crippen molar-refractivity contribution >= 4 is 5.97 Å². The van der Waals surface area contributed by atoms with Crippen LogP contribution in [0.3, 0.4) is 0 Å². The first-order valence-corrected chi connectivity index (χ1v) is 4.65. The largest absolute Gasteiger partial charge is 0.493 e. The van der Waals surface area contributed by atoms with E-state index in [4.69, 9.17) is 14.6 Å². The van der Waals surface area contributed by atoms with Crippen LogP contribution >= 0.6 is 0 Å². The summed E-state index contributed by atoms with van der Waals surface area (Å²) in [5.74, 6) is -1.64. The number of hydrogen-bond donors (Lipinski definition) is 1. The second-order valence-corrected chi connectivity index (χ2v) is 3.22. The van der Waals surface area contributed by atoms with Crippen LogP contribution in [0.5, 0.6) is 5.75 Å². The molecule has 0 bridgehead atoms. The molecule has 0 saturated carbocycles. The second kappa shape index (κ2) is 5.46. The monoisotopic (exact) mass is 228 g/mol. The van der Waals surface area contributed by atoms with E-state index in [0.717, 1.165) is 0 Å². The molecule has 0 radical (unpaired) electrons. The van der Waals surface area contributed by atoms with Gasteiger partial charge in [-0.05, 0) is 11.6 Å². The molecule has 1 rings (SSSR count). The lowest BCUT2D eigenvalue weighted by Crippen LogP contribution is -2.08. The fourth-order valence-electron chi connectivity index (χ4n) is 1.50. The number of carboxylic acids is 1. The van der Waals surface area contributed by atoms with E-state index in [1.807, 2.05) is 0 Å². The number of ether oxygens (including phenoxy) is 2. The van der Waals surface area contributed by atoms with E-state index in [1.54, 1.807) is 0 Å². The molecule has 0 amide bonds. The summed E-state index contributed by atoms with van der Waals surface area (Å²) in [7, 11) is 2.79. The highest BCUT2D eigenvalue weighted by molar-refractivity contribution is 5.72. The third-order valence-electron chi connectivity index (χ3n) is 2.14. The van der Waals surface area contributed by atoms with Crippen molar-refractivity contribution in [1.82, 2.24) is 0 Å². The lowest BCUT2D eigenvalue weighted by atomic mass is 10.0. The average molecular weight is 228 g/mol. The molecule has 0 atom stereocenters. The number of halogens is 1. The van der Waals surface area contributed by atoms with E-state index in [2.05, 4.69) is 0 Å². The minimum Gasteiger partial charge on any atom is -0.493 e. The highest BCUT2D eigenvalue weighted by atomic mass is 19.1. The SMILES string of the molecule is COCc1ccc(F)c(OC)c1CC(=O)O. The van der Waals surface area contributed by atoms with Gasteiger partial charge in [0.15, 0.2) is 11.6 Å². The van der Waals surface area contributed by atoms with Crippen LogP contribution in [0.4, 0.5) is 4.39 Å². The lowest BCUT2D eigenvalue weighted by molar-refractivity contribution is -0.136. The number of benzene rings is 1. The zero-order valence-electron chi connectivity index (χ0n) is 9.12. The normalized spacial score (nSPS) is 10.2. The smallest absolute Gasteiger partial charge is 0.307 e. The Bertz CT molecular complexity index is 390. The Hall–Kier alpha value is -1.62. The van der Waals surface area contributed by atoms with Crippen LogP contribution in [0, 0.1) is 5.82 Å². The molecule has 0 fully saturated rings. The van der Waals surface area contributed by atoms with Gasteiger partial charge in [0.25, 0.3) is 0 Å². The van der Waals surface area contributed by atoms with Crippen molar-refractivity contribution in [2.45, 2.75) is 13.0 Å². The van der Waals surface area contributed by atoms with Crippen molar-refractivity contribution in [2.75, 3.05) is 14.2 Å². The summed E-state index contributed by atoms with van der Waals surface area (Å²) in [6.07, 6.45) is -0.292. The summed E-state index contributed by atoms with van der Waals surface area (Å²) in [5.41, 5.74) is 0.931. The van der Waals surface area contributed by atoms with Gasteiger partial charge in [-0.25, -0.2) is 4.39 Å². The molecular formula is C11H13FO4. The van der Waals surface area contributed by atoms with Crippen LogP contribution < -0.4 is 4.74 Å². The number of rotatable bonds is 5. The number of aliphatic carboxylic acids is 1. The Balaban J connectivity index is 3.22. The molecule has 16 heavy (non-hydrogen) atoms. The van der Waals surface area contributed by atoms with Gasteiger partial charge in [0.2, 0.25) is 0 Å². The van der Waals surface area contributed by atoms with E-state index in [9.17, 15) is 9.18 Å². The molecule has 0 unspecified atom stereocenters. The fraction of sp³-hybridized carbons (Fsp3) is 0.364. The third-order valence-corrected chi connectivity index (χ3v) is 2.14.